The lowest BCUT2D eigenvalue weighted by molar-refractivity contribution is 0.468. The lowest BCUT2D eigenvalue weighted by Crippen LogP contribution is -1.98. The Morgan fingerprint density at radius 2 is 2.26 bits per heavy atom. The Kier molecular flexibility index (Phi) is 2.75. The minimum Gasteiger partial charge on any atom is -0.435 e. The molecule has 8 nitrogen and oxygen atoms in total. The zero-order chi connectivity index (χ0) is 13.2. The van der Waals surface area contributed by atoms with Crippen molar-refractivity contribution in [2.75, 3.05) is 12.4 Å². The van der Waals surface area contributed by atoms with E-state index in [-0.39, 0.29) is 0 Å². The largest absolute Gasteiger partial charge is 0.435 e. The van der Waals surface area contributed by atoms with Crippen LogP contribution >= 0.6 is 0 Å². The maximum atomic E-state index is 5.74. The molecule has 0 amide bonds. The summed E-state index contributed by atoms with van der Waals surface area (Å²) in [5.41, 5.74) is 0.622. The van der Waals surface area contributed by atoms with E-state index < -0.39 is 0 Å². The number of rotatable bonds is 4. The summed E-state index contributed by atoms with van der Waals surface area (Å²) < 4.78 is 7.52. The second kappa shape index (κ2) is 4.56. The first-order chi connectivity index (χ1) is 9.30. The SMILES string of the molecule is CCn1cc(Oc2nc(NC)nc3[nH]ncc23)cn1. The molecule has 0 aliphatic rings. The molecule has 0 aliphatic heterocycles. The molecule has 19 heavy (non-hydrogen) atoms. The van der Waals surface area contributed by atoms with Gasteiger partial charge in [-0.1, -0.05) is 0 Å². The number of ether oxygens (including phenoxy) is 1. The normalized spacial score (nSPS) is 10.8. The predicted molar refractivity (Wildman–Crippen MR) is 69.2 cm³/mol. The zero-order valence-corrected chi connectivity index (χ0v) is 10.6. The highest BCUT2D eigenvalue weighted by molar-refractivity contribution is 5.80. The topological polar surface area (TPSA) is 93.5 Å². The molecule has 3 rings (SSSR count). The van der Waals surface area contributed by atoms with Crippen LogP contribution in [0.2, 0.25) is 0 Å². The second-order valence-electron chi connectivity index (χ2n) is 3.87. The Morgan fingerprint density at radius 3 is 3.00 bits per heavy atom. The first kappa shape index (κ1) is 11.5. The van der Waals surface area contributed by atoms with Crippen LogP contribution in [0.15, 0.2) is 18.6 Å². The third-order valence-corrected chi connectivity index (χ3v) is 2.65. The predicted octanol–water partition coefficient (Wildman–Crippen LogP) is 1.40. The summed E-state index contributed by atoms with van der Waals surface area (Å²) in [6.07, 6.45) is 5.10. The molecule has 3 heterocycles. The van der Waals surface area contributed by atoms with Crippen LogP contribution in [-0.2, 0) is 6.54 Å². The summed E-state index contributed by atoms with van der Waals surface area (Å²) in [6, 6.07) is 0. The Labute approximate surface area is 108 Å². The van der Waals surface area contributed by atoms with Gasteiger partial charge in [0.25, 0.3) is 0 Å². The first-order valence-corrected chi connectivity index (χ1v) is 5.89. The Morgan fingerprint density at radius 1 is 1.37 bits per heavy atom. The number of H-pyrrole nitrogens is 1. The van der Waals surface area contributed by atoms with Gasteiger partial charge in [-0.15, -0.1) is 0 Å². The highest BCUT2D eigenvalue weighted by Crippen LogP contribution is 2.26. The lowest BCUT2D eigenvalue weighted by Gasteiger charge is -2.05. The minimum absolute atomic E-state index is 0.443. The summed E-state index contributed by atoms with van der Waals surface area (Å²) in [4.78, 5) is 8.52. The van der Waals surface area contributed by atoms with Gasteiger partial charge in [-0.25, -0.2) is 0 Å². The zero-order valence-electron chi connectivity index (χ0n) is 10.6. The molecule has 0 atom stereocenters. The average Bonchev–Trinajstić information content (AvgIpc) is 3.06. The number of anilines is 1. The summed E-state index contributed by atoms with van der Waals surface area (Å²) in [5.74, 6) is 1.54. The molecule has 3 aromatic heterocycles. The van der Waals surface area contributed by atoms with Crippen LogP contribution in [0, 0.1) is 0 Å². The van der Waals surface area contributed by atoms with Gasteiger partial charge in [-0.3, -0.25) is 9.78 Å². The van der Waals surface area contributed by atoms with E-state index in [0.717, 1.165) is 11.9 Å². The molecule has 98 valence electrons. The van der Waals surface area contributed by atoms with E-state index in [0.29, 0.717) is 23.2 Å². The number of aromatic nitrogens is 6. The third-order valence-electron chi connectivity index (χ3n) is 2.65. The van der Waals surface area contributed by atoms with Crippen molar-refractivity contribution in [3.8, 4) is 11.6 Å². The summed E-state index contributed by atoms with van der Waals surface area (Å²) in [6.45, 7) is 2.80. The van der Waals surface area contributed by atoms with Crippen LogP contribution in [-0.4, -0.2) is 37.0 Å². The Balaban J connectivity index is 2.01. The van der Waals surface area contributed by atoms with Crippen molar-refractivity contribution in [2.24, 2.45) is 0 Å². The number of nitrogens with zero attached hydrogens (tertiary/aromatic N) is 5. The summed E-state index contributed by atoms with van der Waals surface area (Å²) >= 11 is 0. The number of fused-ring (bicyclic) bond motifs is 1. The Hall–Kier alpha value is -2.64. The monoisotopic (exact) mass is 259 g/mol. The van der Waals surface area contributed by atoms with Gasteiger partial charge in [0.2, 0.25) is 11.8 Å². The van der Waals surface area contributed by atoms with E-state index in [1.165, 1.54) is 0 Å². The van der Waals surface area contributed by atoms with Crippen molar-refractivity contribution >= 4 is 17.0 Å². The molecule has 0 fully saturated rings. The van der Waals surface area contributed by atoms with E-state index >= 15 is 0 Å². The van der Waals surface area contributed by atoms with Gasteiger partial charge >= 0.3 is 0 Å². The van der Waals surface area contributed by atoms with Crippen LogP contribution in [0.1, 0.15) is 6.92 Å². The fraction of sp³-hybridized carbons (Fsp3) is 0.273. The van der Waals surface area contributed by atoms with Gasteiger partial charge in [-0.05, 0) is 6.92 Å². The molecule has 0 bridgehead atoms. The molecule has 0 radical (unpaired) electrons. The standard InChI is InChI=1S/C11H13N7O/c1-3-18-6-7(4-14-18)19-10-8-5-13-17-9(8)15-11(12-2)16-10/h4-6H,3H2,1-2H3,(H2,12,13,15,16,17). The van der Waals surface area contributed by atoms with Crippen molar-refractivity contribution in [2.45, 2.75) is 13.5 Å². The summed E-state index contributed by atoms with van der Waals surface area (Å²) in [7, 11) is 1.75. The number of nitrogens with one attached hydrogen (secondary N) is 2. The van der Waals surface area contributed by atoms with Crippen molar-refractivity contribution in [1.29, 1.82) is 0 Å². The fourth-order valence-corrected chi connectivity index (χ4v) is 1.68. The summed E-state index contributed by atoms with van der Waals surface area (Å²) in [5, 5.41) is 14.5. The van der Waals surface area contributed by atoms with Crippen LogP contribution in [0.5, 0.6) is 11.6 Å². The minimum atomic E-state index is 0.443. The van der Waals surface area contributed by atoms with Crippen molar-refractivity contribution in [1.82, 2.24) is 29.9 Å². The van der Waals surface area contributed by atoms with Gasteiger partial charge in [0, 0.05) is 13.6 Å². The number of aromatic amines is 1. The van der Waals surface area contributed by atoms with Gasteiger partial charge in [0.1, 0.15) is 5.39 Å². The van der Waals surface area contributed by atoms with E-state index in [9.17, 15) is 0 Å². The molecule has 0 saturated heterocycles. The molecular formula is C11H13N7O. The van der Waals surface area contributed by atoms with Gasteiger partial charge < -0.3 is 10.1 Å². The van der Waals surface area contributed by atoms with Gasteiger partial charge in [0.15, 0.2) is 11.4 Å². The second-order valence-corrected chi connectivity index (χ2v) is 3.87. The Bertz CT molecular complexity index is 702. The van der Waals surface area contributed by atoms with Gasteiger partial charge in [-0.2, -0.15) is 20.2 Å². The van der Waals surface area contributed by atoms with E-state index in [1.807, 2.05) is 13.1 Å². The maximum absolute atomic E-state index is 5.74. The van der Waals surface area contributed by atoms with Crippen LogP contribution in [0.25, 0.3) is 11.0 Å². The van der Waals surface area contributed by atoms with E-state index in [4.69, 9.17) is 4.74 Å². The van der Waals surface area contributed by atoms with E-state index in [1.54, 1.807) is 24.1 Å². The first-order valence-electron chi connectivity index (χ1n) is 5.89. The van der Waals surface area contributed by atoms with E-state index in [2.05, 4.69) is 30.6 Å². The van der Waals surface area contributed by atoms with Crippen molar-refractivity contribution < 1.29 is 4.74 Å². The fourth-order valence-electron chi connectivity index (χ4n) is 1.68. The third kappa shape index (κ3) is 2.07. The van der Waals surface area contributed by atoms with Crippen molar-refractivity contribution in [3.05, 3.63) is 18.6 Å². The number of hydrogen-bond acceptors (Lipinski definition) is 6. The molecule has 3 aromatic rings. The molecule has 0 aromatic carbocycles. The lowest BCUT2D eigenvalue weighted by atomic mass is 10.4. The molecule has 2 N–H and O–H groups in total. The molecule has 0 unspecified atom stereocenters. The van der Waals surface area contributed by atoms with Crippen LogP contribution < -0.4 is 10.1 Å². The number of aryl methyl sites for hydroxylation is 1. The van der Waals surface area contributed by atoms with Crippen molar-refractivity contribution in [3.63, 3.8) is 0 Å². The highest BCUT2D eigenvalue weighted by atomic mass is 16.5. The van der Waals surface area contributed by atoms with Gasteiger partial charge in [0.05, 0.1) is 18.6 Å². The molecule has 0 spiro atoms. The number of hydrogen-bond donors (Lipinski definition) is 2. The maximum Gasteiger partial charge on any atom is 0.235 e. The van der Waals surface area contributed by atoms with Crippen LogP contribution in [0.4, 0.5) is 5.95 Å². The molecule has 0 saturated carbocycles. The highest BCUT2D eigenvalue weighted by Gasteiger charge is 2.11. The molecule has 8 heteroatoms. The molecular weight excluding hydrogens is 246 g/mol. The van der Waals surface area contributed by atoms with Crippen LogP contribution in [0.3, 0.4) is 0 Å². The molecule has 0 aliphatic carbocycles. The average molecular weight is 259 g/mol. The smallest absolute Gasteiger partial charge is 0.235 e. The quantitative estimate of drug-likeness (QED) is 0.735.